The van der Waals surface area contributed by atoms with E-state index in [-0.39, 0.29) is 5.75 Å². The molecule has 0 unspecified atom stereocenters. The Morgan fingerprint density at radius 2 is 1.84 bits per heavy atom. The Kier molecular flexibility index (Phi) is 3.42. The molecule has 0 saturated heterocycles. The van der Waals surface area contributed by atoms with Crippen LogP contribution in [0.4, 0.5) is 17.6 Å². The number of ether oxygens (including phenoxy) is 1. The van der Waals surface area contributed by atoms with E-state index in [0.29, 0.717) is 11.3 Å². The minimum Gasteiger partial charge on any atom is -0.457 e. The van der Waals surface area contributed by atoms with Crippen molar-refractivity contribution in [3.05, 3.63) is 53.6 Å². The molecular weight excluding hydrogens is 262 g/mol. The second kappa shape index (κ2) is 4.87. The van der Waals surface area contributed by atoms with E-state index >= 15 is 0 Å². The van der Waals surface area contributed by atoms with Gasteiger partial charge in [-0.3, -0.25) is 4.98 Å². The van der Waals surface area contributed by atoms with Crippen LogP contribution in [0.2, 0.25) is 0 Å². The second-order valence-corrected chi connectivity index (χ2v) is 3.89. The van der Waals surface area contributed by atoms with Crippen molar-refractivity contribution in [2.45, 2.75) is 13.1 Å². The molecule has 0 aliphatic heterocycles. The first kappa shape index (κ1) is 13.3. The SMILES string of the molecule is Cc1cc(F)ccc1Oc1ccnc(C(F)(F)F)c1. The summed E-state index contributed by atoms with van der Waals surface area (Å²) in [6, 6.07) is 5.87. The van der Waals surface area contributed by atoms with Gasteiger partial charge >= 0.3 is 6.18 Å². The van der Waals surface area contributed by atoms with Gasteiger partial charge in [0.25, 0.3) is 0 Å². The fourth-order valence-corrected chi connectivity index (χ4v) is 1.48. The Morgan fingerprint density at radius 1 is 1.11 bits per heavy atom. The maximum atomic E-state index is 12.9. The van der Waals surface area contributed by atoms with Crippen molar-refractivity contribution in [2.24, 2.45) is 0 Å². The van der Waals surface area contributed by atoms with Gasteiger partial charge < -0.3 is 4.74 Å². The highest BCUT2D eigenvalue weighted by Gasteiger charge is 2.32. The van der Waals surface area contributed by atoms with Crippen molar-refractivity contribution in [1.82, 2.24) is 4.98 Å². The van der Waals surface area contributed by atoms with Crippen LogP contribution in [-0.4, -0.2) is 4.98 Å². The highest BCUT2D eigenvalue weighted by Crippen LogP contribution is 2.31. The molecule has 100 valence electrons. The van der Waals surface area contributed by atoms with E-state index in [1.807, 2.05) is 0 Å². The van der Waals surface area contributed by atoms with Crippen molar-refractivity contribution in [3.63, 3.8) is 0 Å². The Labute approximate surface area is 106 Å². The van der Waals surface area contributed by atoms with Gasteiger partial charge in [0.15, 0.2) is 0 Å². The van der Waals surface area contributed by atoms with Crippen LogP contribution >= 0.6 is 0 Å². The molecule has 19 heavy (non-hydrogen) atoms. The van der Waals surface area contributed by atoms with Crippen molar-refractivity contribution >= 4 is 0 Å². The number of halogens is 4. The van der Waals surface area contributed by atoms with Crippen molar-refractivity contribution in [1.29, 1.82) is 0 Å². The fourth-order valence-electron chi connectivity index (χ4n) is 1.48. The quantitative estimate of drug-likeness (QED) is 0.758. The standard InChI is InChI=1S/C13H9F4NO/c1-8-6-9(14)2-3-11(8)19-10-4-5-18-12(7-10)13(15,16)17/h2-7H,1H3. The first-order valence-electron chi connectivity index (χ1n) is 5.33. The van der Waals surface area contributed by atoms with E-state index in [9.17, 15) is 17.6 Å². The summed E-state index contributed by atoms with van der Waals surface area (Å²) in [5, 5.41) is 0. The Balaban J connectivity index is 2.29. The van der Waals surface area contributed by atoms with Crippen molar-refractivity contribution in [3.8, 4) is 11.5 Å². The van der Waals surface area contributed by atoms with Crippen LogP contribution in [0.25, 0.3) is 0 Å². The number of benzene rings is 1. The number of rotatable bonds is 2. The van der Waals surface area contributed by atoms with Crippen LogP contribution in [0, 0.1) is 12.7 Å². The average molecular weight is 271 g/mol. The van der Waals surface area contributed by atoms with Crippen LogP contribution in [0.15, 0.2) is 36.5 Å². The minimum absolute atomic E-state index is 0.00275. The van der Waals surface area contributed by atoms with Gasteiger partial charge in [0.05, 0.1) is 0 Å². The highest BCUT2D eigenvalue weighted by atomic mass is 19.4. The summed E-state index contributed by atoms with van der Waals surface area (Å²) in [5.41, 5.74) is -0.546. The molecule has 1 aromatic heterocycles. The minimum atomic E-state index is -4.53. The normalized spacial score (nSPS) is 11.4. The molecule has 2 aromatic rings. The van der Waals surface area contributed by atoms with Gasteiger partial charge in [-0.2, -0.15) is 13.2 Å². The summed E-state index contributed by atoms with van der Waals surface area (Å²) < 4.78 is 55.6. The first-order chi connectivity index (χ1) is 8.86. The molecule has 0 atom stereocenters. The van der Waals surface area contributed by atoms with Gasteiger partial charge in [-0.15, -0.1) is 0 Å². The van der Waals surface area contributed by atoms with E-state index < -0.39 is 17.7 Å². The lowest BCUT2D eigenvalue weighted by molar-refractivity contribution is -0.141. The number of hydrogen-bond acceptors (Lipinski definition) is 2. The number of aryl methyl sites for hydroxylation is 1. The lowest BCUT2D eigenvalue weighted by Gasteiger charge is -2.10. The Bertz CT molecular complexity index is 595. The third-order valence-electron chi connectivity index (χ3n) is 2.39. The molecule has 6 heteroatoms. The van der Waals surface area contributed by atoms with Crippen LogP contribution in [0.3, 0.4) is 0 Å². The van der Waals surface area contributed by atoms with E-state index in [1.54, 1.807) is 6.92 Å². The van der Waals surface area contributed by atoms with Gasteiger partial charge in [0.1, 0.15) is 23.0 Å². The summed E-state index contributed by atoms with van der Waals surface area (Å²) >= 11 is 0. The lowest BCUT2D eigenvalue weighted by atomic mass is 10.2. The third kappa shape index (κ3) is 3.21. The molecular formula is C13H9F4NO. The zero-order chi connectivity index (χ0) is 14.0. The maximum absolute atomic E-state index is 12.9. The zero-order valence-corrected chi connectivity index (χ0v) is 9.83. The maximum Gasteiger partial charge on any atom is 0.433 e. The first-order valence-corrected chi connectivity index (χ1v) is 5.33. The summed E-state index contributed by atoms with van der Waals surface area (Å²) in [4.78, 5) is 3.22. The van der Waals surface area contributed by atoms with Crippen molar-refractivity contribution in [2.75, 3.05) is 0 Å². The number of alkyl halides is 3. The summed E-state index contributed by atoms with van der Waals surface area (Å²) in [6.45, 7) is 1.60. The lowest BCUT2D eigenvalue weighted by Crippen LogP contribution is -2.07. The second-order valence-electron chi connectivity index (χ2n) is 3.89. The summed E-state index contributed by atoms with van der Waals surface area (Å²) in [6.07, 6.45) is -3.52. The molecule has 0 spiro atoms. The van der Waals surface area contributed by atoms with Gasteiger partial charge in [0, 0.05) is 12.3 Å². The fraction of sp³-hybridized carbons (Fsp3) is 0.154. The molecule has 0 aliphatic rings. The molecule has 1 aromatic carbocycles. The predicted octanol–water partition coefficient (Wildman–Crippen LogP) is 4.34. The number of hydrogen-bond donors (Lipinski definition) is 0. The molecule has 0 saturated carbocycles. The van der Waals surface area contributed by atoms with E-state index in [1.165, 1.54) is 24.3 Å². The molecule has 2 nitrogen and oxygen atoms in total. The molecule has 0 N–H and O–H groups in total. The third-order valence-corrected chi connectivity index (χ3v) is 2.39. The molecule has 2 rings (SSSR count). The van der Waals surface area contributed by atoms with Crippen molar-refractivity contribution < 1.29 is 22.3 Å². The predicted molar refractivity (Wildman–Crippen MR) is 60.5 cm³/mol. The smallest absolute Gasteiger partial charge is 0.433 e. The van der Waals surface area contributed by atoms with Gasteiger partial charge in [0.2, 0.25) is 0 Å². The largest absolute Gasteiger partial charge is 0.457 e. The zero-order valence-electron chi connectivity index (χ0n) is 9.83. The van der Waals surface area contributed by atoms with Crippen LogP contribution < -0.4 is 4.74 Å². The molecule has 0 bridgehead atoms. The molecule has 0 radical (unpaired) electrons. The van der Waals surface area contributed by atoms with E-state index in [2.05, 4.69) is 4.98 Å². The molecule has 1 heterocycles. The summed E-state index contributed by atoms with van der Waals surface area (Å²) in [7, 11) is 0. The van der Waals surface area contributed by atoms with Crippen LogP contribution in [0.1, 0.15) is 11.3 Å². The molecule has 0 aliphatic carbocycles. The average Bonchev–Trinajstić information content (AvgIpc) is 2.32. The van der Waals surface area contributed by atoms with E-state index in [4.69, 9.17) is 4.74 Å². The van der Waals surface area contributed by atoms with Gasteiger partial charge in [-0.05, 0) is 36.8 Å². The number of pyridine rings is 1. The van der Waals surface area contributed by atoms with Crippen LogP contribution in [-0.2, 0) is 6.18 Å². The topological polar surface area (TPSA) is 22.1 Å². The molecule has 0 amide bonds. The number of nitrogens with zero attached hydrogens (tertiary/aromatic N) is 1. The van der Waals surface area contributed by atoms with E-state index in [0.717, 1.165) is 12.3 Å². The Morgan fingerprint density at radius 3 is 2.47 bits per heavy atom. The highest BCUT2D eigenvalue weighted by molar-refractivity contribution is 5.37. The Hall–Kier alpha value is -2.11. The monoisotopic (exact) mass is 271 g/mol. The number of aromatic nitrogens is 1. The summed E-state index contributed by atoms with van der Waals surface area (Å²) in [5.74, 6) is -0.145. The van der Waals surface area contributed by atoms with Gasteiger partial charge in [-0.1, -0.05) is 0 Å². The van der Waals surface area contributed by atoms with Gasteiger partial charge in [-0.25, -0.2) is 4.39 Å². The molecule has 0 fully saturated rings. The van der Waals surface area contributed by atoms with Crippen LogP contribution in [0.5, 0.6) is 11.5 Å².